The van der Waals surface area contributed by atoms with Crippen molar-refractivity contribution in [2.45, 2.75) is 38.7 Å². The summed E-state index contributed by atoms with van der Waals surface area (Å²) in [6.07, 6.45) is 1.86. The molecule has 234 valence electrons. The summed E-state index contributed by atoms with van der Waals surface area (Å²) in [5.74, 6) is 3.84. The van der Waals surface area contributed by atoms with Crippen molar-refractivity contribution in [3.05, 3.63) is 106 Å². The predicted molar refractivity (Wildman–Crippen MR) is 163 cm³/mol. The van der Waals surface area contributed by atoms with Gasteiger partial charge < -0.3 is 11.1 Å². The number of nitrogens with two attached hydrogens (primary N) is 2. The van der Waals surface area contributed by atoms with Crippen LogP contribution in [0.25, 0.3) is 22.4 Å². The molecule has 4 aromatic rings. The van der Waals surface area contributed by atoms with Crippen LogP contribution in [0.1, 0.15) is 37.9 Å². The molecule has 1 amide bonds. The first-order valence-electron chi connectivity index (χ1n) is 13.9. The van der Waals surface area contributed by atoms with Crippen molar-refractivity contribution in [1.82, 2.24) is 14.5 Å². The number of nitrogens with zero attached hydrogens (tertiary/aromatic N) is 4. The number of benzene rings is 2. The van der Waals surface area contributed by atoms with E-state index in [-0.39, 0.29) is 33.8 Å². The lowest BCUT2D eigenvalue weighted by atomic mass is 9.95. The molecule has 1 aliphatic heterocycles. The van der Waals surface area contributed by atoms with Crippen LogP contribution in [0.15, 0.2) is 77.7 Å². The van der Waals surface area contributed by atoms with Gasteiger partial charge in [0.15, 0.2) is 5.82 Å². The van der Waals surface area contributed by atoms with Crippen LogP contribution < -0.4 is 27.5 Å². The molecule has 5 N–H and O–H groups in total. The Labute approximate surface area is 260 Å². The fraction of sp³-hybridized carbons (Fsp3) is 0.226. The number of hydrazine groups is 1. The van der Waals surface area contributed by atoms with Gasteiger partial charge in [0.2, 0.25) is 5.91 Å². The fourth-order valence-electron chi connectivity index (χ4n) is 5.16. The van der Waals surface area contributed by atoms with E-state index in [0.29, 0.717) is 46.8 Å². The van der Waals surface area contributed by atoms with Gasteiger partial charge in [-0.1, -0.05) is 24.9 Å². The zero-order chi connectivity index (χ0) is 32.4. The number of carbonyl (C=O) groups is 1. The van der Waals surface area contributed by atoms with E-state index >= 15 is 4.39 Å². The molecule has 0 spiro atoms. The molecule has 2 aromatic carbocycles. The molecule has 2 bridgehead atoms. The Hall–Kier alpha value is -4.75. The van der Waals surface area contributed by atoms with Crippen LogP contribution in [0.5, 0.6) is 0 Å². The highest BCUT2D eigenvalue weighted by atomic mass is 35.5. The first kappa shape index (κ1) is 31.7. The van der Waals surface area contributed by atoms with Crippen LogP contribution in [0.3, 0.4) is 0 Å². The van der Waals surface area contributed by atoms with Gasteiger partial charge in [-0.15, -0.1) is 0 Å². The van der Waals surface area contributed by atoms with Crippen molar-refractivity contribution in [3.8, 4) is 22.4 Å². The Balaban J connectivity index is 1.61. The zero-order valence-corrected chi connectivity index (χ0v) is 24.6. The smallest absolute Gasteiger partial charge is 0.279 e. The summed E-state index contributed by atoms with van der Waals surface area (Å²) < 4.78 is 57.1. The van der Waals surface area contributed by atoms with E-state index in [2.05, 4.69) is 15.3 Å². The Morgan fingerprint density at radius 2 is 1.89 bits per heavy atom. The van der Waals surface area contributed by atoms with Crippen molar-refractivity contribution < 1.29 is 22.4 Å². The molecule has 0 aliphatic carbocycles. The Kier molecular flexibility index (Phi) is 9.21. The lowest BCUT2D eigenvalue weighted by molar-refractivity contribution is -0.119. The molecule has 5 rings (SSSR count). The summed E-state index contributed by atoms with van der Waals surface area (Å²) in [6.45, 7) is 1.78. The summed E-state index contributed by atoms with van der Waals surface area (Å²) in [4.78, 5) is 35.4. The second-order valence-electron chi connectivity index (χ2n) is 10.6. The first-order valence-corrected chi connectivity index (χ1v) is 14.2. The van der Waals surface area contributed by atoms with E-state index < -0.39 is 35.4 Å². The maximum absolute atomic E-state index is 15.4. The van der Waals surface area contributed by atoms with E-state index in [9.17, 15) is 22.8 Å². The van der Waals surface area contributed by atoms with Crippen LogP contribution >= 0.6 is 11.6 Å². The minimum absolute atomic E-state index is 0.122. The highest BCUT2D eigenvalue weighted by molar-refractivity contribution is 6.31. The largest absolute Gasteiger partial charge is 0.396 e. The quantitative estimate of drug-likeness (QED) is 0.138. The number of carbonyl (C=O) groups excluding carboxylic acids is 1. The highest BCUT2D eigenvalue weighted by Gasteiger charge is 2.25. The molecule has 2 aromatic heterocycles. The van der Waals surface area contributed by atoms with Crippen LogP contribution in [-0.4, -0.2) is 26.9 Å². The first-order chi connectivity index (χ1) is 21.4. The topological polar surface area (TPSA) is 132 Å². The molecule has 0 radical (unpaired) electrons. The molecule has 1 aliphatic rings. The molecule has 2 atom stereocenters. The van der Waals surface area contributed by atoms with Gasteiger partial charge in [-0.2, -0.15) is 0 Å². The number of anilines is 2. The molecule has 0 fully saturated rings. The standard InChI is InChI=1S/C31H28ClF4N7O2/c1-16-3-2-4-25(23-11-17(9-10-39-23)19-12-18(33)5-7-22(19)41-31(16)45)42-15-40-24(13-27(42)44)28-26(8-6-20(32)29(28)34)43(38)14-21(37)30(35)36/h5-16,25,30H,2-4,37-38H2,1H3,(H,41,45)/b21-14-. The molecular weight excluding hydrogens is 614 g/mol. The average molecular weight is 642 g/mol. The van der Waals surface area contributed by atoms with Crippen molar-refractivity contribution in [2.24, 2.45) is 17.5 Å². The average Bonchev–Trinajstić information content (AvgIpc) is 3.01. The van der Waals surface area contributed by atoms with E-state index in [4.69, 9.17) is 23.2 Å². The third-order valence-corrected chi connectivity index (χ3v) is 7.85. The number of alkyl halides is 2. The molecule has 45 heavy (non-hydrogen) atoms. The van der Waals surface area contributed by atoms with E-state index in [1.54, 1.807) is 19.1 Å². The summed E-state index contributed by atoms with van der Waals surface area (Å²) in [5.41, 5.74) is 5.22. The van der Waals surface area contributed by atoms with Crippen LogP contribution in [0.2, 0.25) is 5.02 Å². The number of fused-ring (bicyclic) bond motifs is 4. The molecule has 14 heteroatoms. The van der Waals surface area contributed by atoms with Crippen molar-refractivity contribution in [2.75, 3.05) is 10.3 Å². The number of aromatic nitrogens is 3. The summed E-state index contributed by atoms with van der Waals surface area (Å²) in [7, 11) is 0. The monoisotopic (exact) mass is 641 g/mol. The molecule has 3 heterocycles. The lowest BCUT2D eigenvalue weighted by Gasteiger charge is -2.23. The van der Waals surface area contributed by atoms with Gasteiger partial charge >= 0.3 is 0 Å². The summed E-state index contributed by atoms with van der Waals surface area (Å²) >= 11 is 6.02. The van der Waals surface area contributed by atoms with Gasteiger partial charge in [0.05, 0.1) is 45.7 Å². The van der Waals surface area contributed by atoms with E-state index in [0.717, 1.165) is 12.3 Å². The number of halogens is 5. The molecule has 2 unspecified atom stereocenters. The lowest BCUT2D eigenvalue weighted by Crippen LogP contribution is -2.29. The molecule has 0 saturated carbocycles. The maximum atomic E-state index is 15.4. The maximum Gasteiger partial charge on any atom is 0.279 e. The normalized spacial score (nSPS) is 17.2. The number of hydrogen-bond acceptors (Lipinski definition) is 7. The van der Waals surface area contributed by atoms with Gasteiger partial charge in [-0.3, -0.25) is 24.1 Å². The van der Waals surface area contributed by atoms with Gasteiger partial charge in [0.25, 0.3) is 12.0 Å². The third-order valence-electron chi connectivity index (χ3n) is 7.55. The van der Waals surface area contributed by atoms with Crippen LogP contribution in [-0.2, 0) is 4.79 Å². The number of hydrogen-bond donors (Lipinski definition) is 3. The van der Waals surface area contributed by atoms with E-state index in [1.165, 1.54) is 47.4 Å². The van der Waals surface area contributed by atoms with Crippen LogP contribution in [0, 0.1) is 17.6 Å². The highest BCUT2D eigenvalue weighted by Crippen LogP contribution is 2.36. The van der Waals surface area contributed by atoms with Gasteiger partial charge in [-0.05, 0) is 60.9 Å². The number of allylic oxidation sites excluding steroid dienone is 1. The number of rotatable bonds is 5. The number of pyridine rings is 1. The second-order valence-corrected chi connectivity index (χ2v) is 11.0. The molecular formula is C31H28ClF4N7O2. The van der Waals surface area contributed by atoms with Gasteiger partial charge in [0, 0.05) is 35.6 Å². The van der Waals surface area contributed by atoms with Crippen molar-refractivity contribution in [3.63, 3.8) is 0 Å². The summed E-state index contributed by atoms with van der Waals surface area (Å²) in [6, 6.07) is 10.3. The van der Waals surface area contributed by atoms with Crippen LogP contribution in [0.4, 0.5) is 28.9 Å². The fourth-order valence-corrected chi connectivity index (χ4v) is 5.32. The SMILES string of the molecule is CC1CCCC(n2cnc(-c3c(N(N)/C=C(\N)C(F)F)ccc(Cl)c3F)cc2=O)c2cc(ccn2)-c2cc(F)ccc2NC1=O. The number of amides is 1. The molecule has 0 saturated heterocycles. The van der Waals surface area contributed by atoms with E-state index in [1.807, 2.05) is 0 Å². The predicted octanol–water partition coefficient (Wildman–Crippen LogP) is 6.00. The Morgan fingerprint density at radius 1 is 1.11 bits per heavy atom. The third kappa shape index (κ3) is 6.69. The Bertz CT molecular complexity index is 1850. The minimum Gasteiger partial charge on any atom is -0.396 e. The zero-order valence-electron chi connectivity index (χ0n) is 23.9. The van der Waals surface area contributed by atoms with Crippen molar-refractivity contribution >= 4 is 28.9 Å². The molecule has 9 nitrogen and oxygen atoms in total. The van der Waals surface area contributed by atoms with Gasteiger partial charge in [0.1, 0.15) is 5.82 Å². The minimum atomic E-state index is -3.01. The van der Waals surface area contributed by atoms with Crippen molar-refractivity contribution in [1.29, 1.82) is 0 Å². The number of nitrogens with one attached hydrogen (secondary N) is 1. The van der Waals surface area contributed by atoms with Gasteiger partial charge in [-0.25, -0.2) is 28.4 Å². The summed E-state index contributed by atoms with van der Waals surface area (Å²) in [5, 5.41) is 3.27. The second kappa shape index (κ2) is 13.1. The Morgan fingerprint density at radius 3 is 2.62 bits per heavy atom.